The molecule has 0 bridgehead atoms. The zero-order chi connectivity index (χ0) is 23.4. The van der Waals surface area contributed by atoms with E-state index in [0.717, 1.165) is 5.56 Å². The number of hydrogen-bond donors (Lipinski definition) is 3. The third-order valence-corrected chi connectivity index (χ3v) is 5.85. The molecule has 1 unspecified atom stereocenters. The maximum absolute atomic E-state index is 13.4. The molecule has 8 heteroatoms. The number of benzene rings is 3. The van der Waals surface area contributed by atoms with Crippen molar-refractivity contribution in [1.29, 1.82) is 0 Å². The Morgan fingerprint density at radius 2 is 1.65 bits per heavy atom. The first-order valence-electron chi connectivity index (χ1n) is 10.4. The molecular formula is C26H16N2O6. The topological polar surface area (TPSA) is 126 Å². The number of aromatic nitrogens is 2. The third kappa shape index (κ3) is 3.12. The van der Waals surface area contributed by atoms with Crippen molar-refractivity contribution in [2.75, 3.05) is 0 Å². The number of para-hydroxylation sites is 1. The van der Waals surface area contributed by atoms with E-state index in [1.165, 1.54) is 24.3 Å². The van der Waals surface area contributed by atoms with Gasteiger partial charge in [0.15, 0.2) is 5.82 Å². The molecule has 1 aliphatic heterocycles. The molecule has 0 amide bonds. The van der Waals surface area contributed by atoms with E-state index in [9.17, 15) is 19.8 Å². The first kappa shape index (κ1) is 19.8. The number of rotatable bonds is 2. The van der Waals surface area contributed by atoms with Gasteiger partial charge in [-0.25, -0.2) is 4.79 Å². The Labute approximate surface area is 191 Å². The van der Waals surface area contributed by atoms with Crippen LogP contribution in [0.1, 0.15) is 22.6 Å². The van der Waals surface area contributed by atoms with Gasteiger partial charge in [-0.3, -0.25) is 4.79 Å². The Bertz CT molecular complexity index is 1700. The van der Waals surface area contributed by atoms with Gasteiger partial charge in [0.25, 0.3) is 5.56 Å². The third-order valence-electron chi connectivity index (χ3n) is 5.85. The van der Waals surface area contributed by atoms with Gasteiger partial charge >= 0.3 is 5.63 Å². The number of aromatic amines is 1. The van der Waals surface area contributed by atoms with Gasteiger partial charge < -0.3 is 24.4 Å². The Morgan fingerprint density at radius 3 is 2.47 bits per heavy atom. The Morgan fingerprint density at radius 1 is 0.882 bits per heavy atom. The Balaban J connectivity index is 1.58. The predicted octanol–water partition coefficient (Wildman–Crippen LogP) is 4.24. The molecule has 1 aliphatic rings. The van der Waals surface area contributed by atoms with Crippen molar-refractivity contribution < 1.29 is 19.4 Å². The monoisotopic (exact) mass is 452 g/mol. The minimum atomic E-state index is -0.647. The summed E-state index contributed by atoms with van der Waals surface area (Å²) >= 11 is 0. The summed E-state index contributed by atoms with van der Waals surface area (Å²) in [6, 6.07) is 19.7. The summed E-state index contributed by atoms with van der Waals surface area (Å²) in [4.78, 5) is 33.2. The number of ether oxygens (including phenoxy) is 1. The molecule has 3 aromatic carbocycles. The summed E-state index contributed by atoms with van der Waals surface area (Å²) in [5.41, 5.74) is 1.00. The van der Waals surface area contributed by atoms with Crippen molar-refractivity contribution in [2.24, 2.45) is 0 Å². The van der Waals surface area contributed by atoms with E-state index in [0.29, 0.717) is 22.3 Å². The van der Waals surface area contributed by atoms with Crippen molar-refractivity contribution in [3.05, 3.63) is 110 Å². The first-order chi connectivity index (χ1) is 16.5. The second kappa shape index (κ2) is 7.35. The molecule has 8 nitrogen and oxygen atoms in total. The van der Waals surface area contributed by atoms with E-state index < -0.39 is 17.1 Å². The van der Waals surface area contributed by atoms with Crippen LogP contribution in [0.3, 0.4) is 0 Å². The minimum absolute atomic E-state index is 0.00751. The molecule has 3 heterocycles. The number of nitrogens with zero attached hydrogens (tertiary/aromatic N) is 1. The van der Waals surface area contributed by atoms with Crippen LogP contribution in [0.25, 0.3) is 22.4 Å². The van der Waals surface area contributed by atoms with Crippen LogP contribution in [-0.4, -0.2) is 20.2 Å². The number of nitrogens with one attached hydrogen (secondary N) is 1. The van der Waals surface area contributed by atoms with Gasteiger partial charge in [-0.2, -0.15) is 4.98 Å². The van der Waals surface area contributed by atoms with Crippen molar-refractivity contribution >= 4 is 11.0 Å². The molecule has 34 heavy (non-hydrogen) atoms. The summed E-state index contributed by atoms with van der Waals surface area (Å²) in [5.74, 6) is -0.128. The fraction of sp³-hybridized carbons (Fsp3) is 0.0385. The first-order valence-corrected chi connectivity index (χ1v) is 10.4. The number of aromatic hydroxyl groups is 2. The van der Waals surface area contributed by atoms with Gasteiger partial charge in [-0.15, -0.1) is 0 Å². The maximum Gasteiger partial charge on any atom is 0.347 e. The van der Waals surface area contributed by atoms with Crippen LogP contribution in [0.5, 0.6) is 23.1 Å². The highest BCUT2D eigenvalue weighted by atomic mass is 16.5. The number of hydrogen-bond acceptors (Lipinski definition) is 7. The van der Waals surface area contributed by atoms with Gasteiger partial charge in [0.05, 0.1) is 5.56 Å². The minimum Gasteiger partial charge on any atom is -0.508 e. The number of phenols is 2. The second-order valence-electron chi connectivity index (χ2n) is 7.97. The van der Waals surface area contributed by atoms with E-state index in [-0.39, 0.29) is 34.3 Å². The van der Waals surface area contributed by atoms with Crippen LogP contribution >= 0.6 is 0 Å². The van der Waals surface area contributed by atoms with Crippen molar-refractivity contribution in [1.82, 2.24) is 9.97 Å². The number of fused-ring (bicyclic) bond motifs is 3. The number of H-pyrrole nitrogens is 1. The van der Waals surface area contributed by atoms with Gasteiger partial charge in [-0.05, 0) is 35.9 Å². The molecule has 2 aromatic heterocycles. The lowest BCUT2D eigenvalue weighted by Crippen LogP contribution is -2.25. The molecule has 166 valence electrons. The molecule has 6 rings (SSSR count). The SMILES string of the molecule is O=c1[nH]c(-c2cc3ccccc3oc2=O)nc2c1C(c1ccc(O)cc1)c1ccc(O)cc1O2. The quantitative estimate of drug-likeness (QED) is 0.336. The zero-order valence-corrected chi connectivity index (χ0v) is 17.5. The van der Waals surface area contributed by atoms with Crippen molar-refractivity contribution in [3.8, 4) is 34.5 Å². The molecule has 0 radical (unpaired) electrons. The van der Waals surface area contributed by atoms with E-state index in [2.05, 4.69) is 9.97 Å². The normalized spacial score (nSPS) is 14.3. The van der Waals surface area contributed by atoms with E-state index in [1.807, 2.05) is 6.07 Å². The van der Waals surface area contributed by atoms with E-state index in [1.54, 1.807) is 42.5 Å². The molecule has 5 aromatic rings. The van der Waals surface area contributed by atoms with Gasteiger partial charge in [0.2, 0.25) is 5.88 Å². The summed E-state index contributed by atoms with van der Waals surface area (Å²) in [5, 5.41) is 20.4. The van der Waals surface area contributed by atoms with Crippen molar-refractivity contribution in [2.45, 2.75) is 5.92 Å². The average molecular weight is 452 g/mol. The largest absolute Gasteiger partial charge is 0.508 e. The van der Waals surface area contributed by atoms with Crippen LogP contribution in [0.2, 0.25) is 0 Å². The number of phenolic OH excluding ortho intramolecular Hbond substituents is 2. The molecule has 0 spiro atoms. The average Bonchev–Trinajstić information content (AvgIpc) is 2.82. The summed E-state index contributed by atoms with van der Waals surface area (Å²) in [6.45, 7) is 0. The fourth-order valence-electron chi connectivity index (χ4n) is 4.27. The van der Waals surface area contributed by atoms with Crippen LogP contribution in [-0.2, 0) is 0 Å². The maximum atomic E-state index is 13.4. The molecule has 1 atom stereocenters. The summed E-state index contributed by atoms with van der Waals surface area (Å²) in [7, 11) is 0. The smallest absolute Gasteiger partial charge is 0.347 e. The zero-order valence-electron chi connectivity index (χ0n) is 17.5. The lowest BCUT2D eigenvalue weighted by Gasteiger charge is -2.27. The highest BCUT2D eigenvalue weighted by Crippen LogP contribution is 2.46. The summed E-state index contributed by atoms with van der Waals surface area (Å²) < 4.78 is 11.3. The molecule has 0 aliphatic carbocycles. The van der Waals surface area contributed by atoms with Crippen LogP contribution in [0.4, 0.5) is 0 Å². The lowest BCUT2D eigenvalue weighted by molar-refractivity contribution is 0.421. The molecule has 0 fully saturated rings. The van der Waals surface area contributed by atoms with Crippen LogP contribution in [0, 0.1) is 0 Å². The van der Waals surface area contributed by atoms with Gasteiger partial charge in [-0.1, -0.05) is 36.4 Å². The second-order valence-corrected chi connectivity index (χ2v) is 7.97. The highest BCUT2D eigenvalue weighted by molar-refractivity contribution is 5.80. The highest BCUT2D eigenvalue weighted by Gasteiger charge is 2.33. The fourth-order valence-corrected chi connectivity index (χ4v) is 4.27. The lowest BCUT2D eigenvalue weighted by atomic mass is 9.84. The van der Waals surface area contributed by atoms with Gasteiger partial charge in [0.1, 0.15) is 28.4 Å². The van der Waals surface area contributed by atoms with E-state index in [4.69, 9.17) is 9.15 Å². The Hall–Kier alpha value is -4.85. The molecule has 0 saturated carbocycles. The van der Waals surface area contributed by atoms with Crippen LogP contribution < -0.4 is 15.9 Å². The van der Waals surface area contributed by atoms with Gasteiger partial charge in [0, 0.05) is 22.9 Å². The summed E-state index contributed by atoms with van der Waals surface area (Å²) in [6.07, 6.45) is 0. The molecule has 3 N–H and O–H groups in total. The molecule has 0 saturated heterocycles. The van der Waals surface area contributed by atoms with E-state index >= 15 is 0 Å². The molecular weight excluding hydrogens is 436 g/mol. The van der Waals surface area contributed by atoms with Crippen molar-refractivity contribution in [3.63, 3.8) is 0 Å². The van der Waals surface area contributed by atoms with Crippen LogP contribution in [0.15, 0.2) is 86.8 Å². The standard InChI is InChI=1S/C26H16N2O6/c29-15-7-5-13(6-8-15)21-17-10-9-16(30)12-20(17)33-25-22(21)24(31)27-23(28-25)18-11-14-3-1-2-4-19(14)34-26(18)32/h1-12,21,29-30H,(H,27,28,31). The Kier molecular flexibility index (Phi) is 4.28. The predicted molar refractivity (Wildman–Crippen MR) is 124 cm³/mol.